The molecule has 9 aromatic heterocycles. The largest absolute Gasteiger partial charge is 0.522 e. The number of fused-ring (bicyclic) bond motifs is 6. The molecule has 9 heterocycles. The quantitative estimate of drug-likeness (QED) is 0.0503. The number of aryl methyl sites for hydroxylation is 2. The Bertz CT molecular complexity index is 5330. The second-order valence-corrected chi connectivity index (χ2v) is 27.0. The van der Waals surface area contributed by atoms with Crippen LogP contribution in [0.5, 0.6) is 0 Å². The van der Waals surface area contributed by atoms with Crippen LogP contribution in [0.3, 0.4) is 0 Å². The predicted molar refractivity (Wildman–Crippen MR) is 430 cm³/mol. The summed E-state index contributed by atoms with van der Waals surface area (Å²) in [5.41, 5.74) is 16.1. The molecule has 584 valence electrons. The molecule has 0 aliphatic rings. The molecule has 0 aliphatic carbocycles. The van der Waals surface area contributed by atoms with Gasteiger partial charge >= 0.3 is 15.6 Å². The second kappa shape index (κ2) is 42.6. The van der Waals surface area contributed by atoms with Gasteiger partial charge in [-0.25, -0.2) is 18.7 Å². The molecule has 16 aromatic rings. The first-order chi connectivity index (χ1) is 53.4. The smallest absolute Gasteiger partial charge is 0.486 e. The summed E-state index contributed by atoms with van der Waals surface area (Å²) in [6.07, 6.45) is 8.92. The van der Waals surface area contributed by atoms with Gasteiger partial charge in [0, 0.05) is 119 Å². The number of aliphatic hydroxyl groups is 2. The van der Waals surface area contributed by atoms with Crippen LogP contribution in [0.4, 0.5) is 22.0 Å². The summed E-state index contributed by atoms with van der Waals surface area (Å²) in [6.45, 7) is 17.0. The van der Waals surface area contributed by atoms with Gasteiger partial charge in [0.15, 0.2) is 0 Å². The van der Waals surface area contributed by atoms with Crippen LogP contribution < -0.4 is 0 Å². The summed E-state index contributed by atoms with van der Waals surface area (Å²) < 4.78 is 96.1. The molecule has 7 aromatic carbocycles. The van der Waals surface area contributed by atoms with Crippen molar-refractivity contribution in [3.63, 3.8) is 0 Å². The number of hydrogen-bond acceptors (Lipinski definition) is 13. The number of aliphatic hydroxyl groups excluding tert-OH is 2. The first-order valence-electron chi connectivity index (χ1n) is 35.1. The van der Waals surface area contributed by atoms with Crippen molar-refractivity contribution in [3.05, 3.63) is 332 Å². The van der Waals surface area contributed by atoms with E-state index in [4.69, 9.17) is 32.0 Å². The van der Waals surface area contributed by atoms with Gasteiger partial charge < -0.3 is 39.0 Å². The fourth-order valence-electron chi connectivity index (χ4n) is 11.1. The first-order valence-corrected chi connectivity index (χ1v) is 36.5. The van der Waals surface area contributed by atoms with Crippen LogP contribution in [0.2, 0.25) is 0 Å². The van der Waals surface area contributed by atoms with Crippen molar-refractivity contribution in [3.8, 4) is 78.5 Å². The number of hydrogen-bond donors (Lipinski definition) is 3. The Balaban J connectivity index is 0.000000193. The number of para-hydroxylation sites is 1. The molecule has 16 rings (SSSR count). The molecule has 113 heavy (non-hydrogen) atoms. The molecule has 2 radical (unpaired) electrons. The molecule has 0 aliphatic heterocycles. The van der Waals surface area contributed by atoms with Gasteiger partial charge in [0.2, 0.25) is 11.4 Å². The topological polar surface area (TPSA) is 211 Å². The molecule has 3 N–H and O–H groups in total. The van der Waals surface area contributed by atoms with E-state index in [0.717, 1.165) is 131 Å². The molecular weight excluding hydrogens is 1810 g/mol. The van der Waals surface area contributed by atoms with Crippen LogP contribution in [-0.2, 0) is 50.3 Å². The van der Waals surface area contributed by atoms with E-state index in [9.17, 15) is 22.0 Å². The van der Waals surface area contributed by atoms with Crippen molar-refractivity contribution in [2.24, 2.45) is 0 Å². The second-order valence-electron chi connectivity index (χ2n) is 25.6. The standard InChI is InChI=1S/C23H15FN2O.C23H14FN2O.3C14H14N.CHF3O3S.2CH4O.2Ir/c2*1-14-5-10-19-18-3-2-4-20(22(18)27-23(19)26-14)21-13-16(11-12-25-21)15-6-8-17(24)9-7-15;3*1-11(2)12-6-8-13(9-7-12)14-5-3-4-10-15-14;2-1(3,4)8(5,6)7;2*1-2;;/h2-13H,1H3;2-3,5-13H,1H3;3*3-8,10-11H,1-2H3;(H,5,6,7);2*2H,1H3;;/q;4*-1;;;;;. The summed E-state index contributed by atoms with van der Waals surface area (Å²) in [7, 11) is -3.84. The van der Waals surface area contributed by atoms with E-state index in [0.29, 0.717) is 34.8 Å². The molecule has 0 spiro atoms. The number of rotatable bonds is 10. The number of halogens is 5. The van der Waals surface area contributed by atoms with Crippen LogP contribution >= 0.6 is 0 Å². The zero-order valence-electron chi connectivity index (χ0n) is 63.2. The average molecular weight is 1900 g/mol. The molecule has 14 nitrogen and oxygen atoms in total. The van der Waals surface area contributed by atoms with Gasteiger partial charge in [0.05, 0.1) is 11.3 Å². The molecule has 0 bridgehead atoms. The van der Waals surface area contributed by atoms with Crippen LogP contribution in [0, 0.1) is 49.7 Å². The zero-order valence-corrected chi connectivity index (χ0v) is 68.8. The van der Waals surface area contributed by atoms with Crippen LogP contribution in [0.15, 0.2) is 276 Å². The van der Waals surface area contributed by atoms with Crippen LogP contribution in [0.25, 0.3) is 123 Å². The Labute approximate surface area is 681 Å². The SMILES string of the molecule is CC(C)c1c[c-]c(-c2ccccn2)cc1.CC(C)c1c[c-]c(-c2ccccn2)cc1.CC(C)c1c[c-]c(-c2ccccn2)cc1.CO.CO.Cc1ccc2c(n1)oc1c(-c3cc(-c4ccc(F)cc4)ccn3)[c-]ccc12.Cc1ccc2c(n1)oc1c(-c3cc(-c4ccc(F)cc4)ccn3)cccc12.O=S(=O)(O)C(F)(F)F.[Ir].[Ir]. The Morgan fingerprint density at radius 3 is 1.12 bits per heavy atom. The maximum absolute atomic E-state index is 13.2. The number of benzene rings is 7. The minimum Gasteiger partial charge on any atom is -0.486 e. The fraction of sp³-hybridized carbons (Fsp3) is 0.154. The molecule has 0 fully saturated rings. The summed E-state index contributed by atoms with van der Waals surface area (Å²) in [6, 6.07) is 88.2. The predicted octanol–water partition coefficient (Wildman–Crippen LogP) is 22.7. The molecule has 22 heteroatoms. The Hall–Kier alpha value is -11.0. The third-order valence-electron chi connectivity index (χ3n) is 17.0. The van der Waals surface area contributed by atoms with E-state index in [1.807, 2.05) is 147 Å². The van der Waals surface area contributed by atoms with Crippen molar-refractivity contribution in [1.29, 1.82) is 0 Å². The van der Waals surface area contributed by atoms with E-state index in [2.05, 4.69) is 155 Å². The van der Waals surface area contributed by atoms with Gasteiger partial charge in [-0.1, -0.05) is 149 Å². The van der Waals surface area contributed by atoms with E-state index < -0.39 is 15.6 Å². The summed E-state index contributed by atoms with van der Waals surface area (Å²) in [5, 5.41) is 18.0. The van der Waals surface area contributed by atoms with Crippen molar-refractivity contribution in [1.82, 2.24) is 34.9 Å². The summed E-state index contributed by atoms with van der Waals surface area (Å²) in [5.74, 6) is 1.16. The molecule has 0 saturated heterocycles. The van der Waals surface area contributed by atoms with E-state index >= 15 is 0 Å². The minimum absolute atomic E-state index is 0. The van der Waals surface area contributed by atoms with E-state index in [-0.39, 0.29) is 51.8 Å². The minimum atomic E-state index is -5.84. The number of alkyl halides is 3. The molecule has 0 saturated carbocycles. The maximum Gasteiger partial charge on any atom is 0.522 e. The zero-order chi connectivity index (χ0) is 79.8. The number of aromatic nitrogens is 7. The van der Waals surface area contributed by atoms with Gasteiger partial charge in [-0.15, -0.1) is 124 Å². The van der Waals surface area contributed by atoms with Crippen molar-refractivity contribution >= 4 is 54.3 Å². The van der Waals surface area contributed by atoms with Gasteiger partial charge in [-0.05, 0) is 150 Å². The molecule has 0 unspecified atom stereocenters. The van der Waals surface area contributed by atoms with Crippen molar-refractivity contribution < 1.29 is 94.2 Å². The van der Waals surface area contributed by atoms with Crippen LogP contribution in [0.1, 0.15) is 87.4 Å². The molecular formula is C91H80F5Ir2N7O7S-4. The summed E-state index contributed by atoms with van der Waals surface area (Å²) >= 11 is 0. The molecule has 0 atom stereocenters. The Morgan fingerprint density at radius 1 is 0.389 bits per heavy atom. The van der Waals surface area contributed by atoms with Gasteiger partial charge in [0.1, 0.15) is 17.2 Å². The number of pyridine rings is 7. The normalized spacial score (nSPS) is 10.7. The first kappa shape index (κ1) is 89.2. The number of furan rings is 2. The van der Waals surface area contributed by atoms with E-state index in [1.54, 1.807) is 55.2 Å². The molecule has 0 amide bonds. The fourth-order valence-corrected chi connectivity index (χ4v) is 11.1. The van der Waals surface area contributed by atoms with Crippen molar-refractivity contribution in [2.45, 2.75) is 78.7 Å². The van der Waals surface area contributed by atoms with Gasteiger partial charge in [-0.2, -0.15) is 21.6 Å². The van der Waals surface area contributed by atoms with Gasteiger partial charge in [-0.3, -0.25) is 9.54 Å². The Morgan fingerprint density at radius 2 is 0.761 bits per heavy atom. The average Bonchev–Trinajstić information content (AvgIpc) is 1.61. The van der Waals surface area contributed by atoms with Crippen molar-refractivity contribution in [2.75, 3.05) is 14.2 Å². The third-order valence-corrected chi connectivity index (χ3v) is 17.6. The summed E-state index contributed by atoms with van der Waals surface area (Å²) in [4.78, 5) is 30.9. The Kier molecular flexibility index (Phi) is 33.6. The maximum atomic E-state index is 13.2. The van der Waals surface area contributed by atoms with Gasteiger partial charge in [0.25, 0.3) is 0 Å². The third kappa shape index (κ3) is 24.2. The van der Waals surface area contributed by atoms with Crippen LogP contribution in [-0.4, -0.2) is 77.8 Å². The monoisotopic (exact) mass is 1900 g/mol. The number of nitrogens with zero attached hydrogens (tertiary/aromatic N) is 7. The van der Waals surface area contributed by atoms with E-state index in [1.165, 1.54) is 41.0 Å².